The van der Waals surface area contributed by atoms with Gasteiger partial charge in [-0.25, -0.2) is 8.42 Å². The van der Waals surface area contributed by atoms with E-state index in [1.165, 1.54) is 28.6 Å². The molecule has 0 unspecified atom stereocenters. The predicted molar refractivity (Wildman–Crippen MR) is 116 cm³/mol. The number of hydrogen-bond acceptors (Lipinski definition) is 5. The van der Waals surface area contributed by atoms with Gasteiger partial charge in [-0.3, -0.25) is 14.5 Å². The van der Waals surface area contributed by atoms with Crippen molar-refractivity contribution < 1.29 is 18.0 Å². The van der Waals surface area contributed by atoms with Gasteiger partial charge in [0.15, 0.2) is 0 Å². The molecule has 2 saturated heterocycles. The second-order valence-electron chi connectivity index (χ2n) is 7.08. The number of nitrogens with zero attached hydrogens (tertiary/aromatic N) is 3. The number of amides is 2. The monoisotopic (exact) mass is 467 g/mol. The summed E-state index contributed by atoms with van der Waals surface area (Å²) in [6.45, 7) is 1.56. The van der Waals surface area contributed by atoms with E-state index in [4.69, 9.17) is 23.2 Å². The molecule has 0 aromatic heterocycles. The number of piperazine rings is 1. The van der Waals surface area contributed by atoms with Crippen LogP contribution in [-0.4, -0.2) is 50.7 Å². The van der Waals surface area contributed by atoms with Crippen LogP contribution in [-0.2, 0) is 19.6 Å². The lowest BCUT2D eigenvalue weighted by Crippen LogP contribution is -2.48. The minimum absolute atomic E-state index is 0.125. The Morgan fingerprint density at radius 3 is 2.00 bits per heavy atom. The van der Waals surface area contributed by atoms with Crippen LogP contribution in [0.4, 0.5) is 11.4 Å². The Bertz CT molecular complexity index is 1080. The normalized spacial score (nSPS) is 18.3. The molecule has 30 heavy (non-hydrogen) atoms. The van der Waals surface area contributed by atoms with Crippen molar-refractivity contribution in [1.82, 2.24) is 4.31 Å². The topological polar surface area (TPSA) is 78.0 Å². The summed E-state index contributed by atoms with van der Waals surface area (Å²) >= 11 is 12.4. The van der Waals surface area contributed by atoms with Crippen molar-refractivity contribution in [3.8, 4) is 0 Å². The summed E-state index contributed by atoms with van der Waals surface area (Å²) in [4.78, 5) is 27.0. The minimum Gasteiger partial charge on any atom is -0.368 e. The SMILES string of the molecule is O=C1CCC(=O)N1c1ccc(S(=O)(=O)N2CCN(c3cccc(Cl)c3Cl)CC2)cc1. The number of halogens is 2. The number of carbonyl (C=O) groups excluding carboxylic acids is 2. The Hall–Kier alpha value is -2.13. The Morgan fingerprint density at radius 2 is 1.40 bits per heavy atom. The molecule has 0 atom stereocenters. The van der Waals surface area contributed by atoms with Gasteiger partial charge in [-0.2, -0.15) is 4.31 Å². The lowest BCUT2D eigenvalue weighted by atomic mass is 10.2. The molecule has 2 aromatic carbocycles. The maximum atomic E-state index is 13.0. The average Bonchev–Trinajstić information content (AvgIpc) is 3.08. The third-order valence-electron chi connectivity index (χ3n) is 5.29. The van der Waals surface area contributed by atoms with Gasteiger partial charge in [0.2, 0.25) is 21.8 Å². The van der Waals surface area contributed by atoms with Crippen molar-refractivity contribution in [2.24, 2.45) is 0 Å². The summed E-state index contributed by atoms with van der Waals surface area (Å²) in [7, 11) is -3.69. The molecule has 0 bridgehead atoms. The van der Waals surface area contributed by atoms with Crippen molar-refractivity contribution in [3.63, 3.8) is 0 Å². The van der Waals surface area contributed by atoms with Gasteiger partial charge < -0.3 is 4.90 Å². The van der Waals surface area contributed by atoms with E-state index >= 15 is 0 Å². The van der Waals surface area contributed by atoms with Gasteiger partial charge in [0.05, 0.1) is 26.3 Å². The van der Waals surface area contributed by atoms with E-state index in [2.05, 4.69) is 0 Å². The maximum Gasteiger partial charge on any atom is 0.243 e. The Kier molecular flexibility index (Phi) is 5.76. The van der Waals surface area contributed by atoms with Crippen LogP contribution in [0.5, 0.6) is 0 Å². The number of anilines is 2. The molecule has 2 heterocycles. The van der Waals surface area contributed by atoms with Crippen molar-refractivity contribution in [1.29, 1.82) is 0 Å². The second kappa shape index (κ2) is 8.19. The first-order chi connectivity index (χ1) is 14.3. The second-order valence-corrected chi connectivity index (χ2v) is 9.80. The Balaban J connectivity index is 1.47. The molecule has 2 amide bonds. The van der Waals surface area contributed by atoms with Gasteiger partial charge in [0, 0.05) is 39.0 Å². The minimum atomic E-state index is -3.69. The number of benzene rings is 2. The van der Waals surface area contributed by atoms with Crippen molar-refractivity contribution in [2.75, 3.05) is 36.0 Å². The standard InChI is InChI=1S/C20H19Cl2N3O4S/c21-16-2-1-3-17(20(16)22)23-10-12-24(13-11-23)30(28,29)15-6-4-14(5-7-15)25-18(26)8-9-19(25)27/h1-7H,8-13H2. The summed E-state index contributed by atoms with van der Waals surface area (Å²) in [6.07, 6.45) is 0.361. The largest absolute Gasteiger partial charge is 0.368 e. The van der Waals surface area contributed by atoms with Crippen LogP contribution in [0.3, 0.4) is 0 Å². The molecule has 0 radical (unpaired) electrons. The van der Waals surface area contributed by atoms with Gasteiger partial charge >= 0.3 is 0 Å². The summed E-state index contributed by atoms with van der Waals surface area (Å²) in [6, 6.07) is 11.2. The van der Waals surface area contributed by atoms with E-state index in [0.717, 1.165) is 10.6 Å². The molecule has 2 aromatic rings. The first kappa shape index (κ1) is 21.1. The summed E-state index contributed by atoms with van der Waals surface area (Å²) < 4.78 is 27.5. The molecule has 2 fully saturated rings. The molecule has 0 spiro atoms. The molecule has 0 N–H and O–H groups in total. The molecule has 158 valence electrons. The summed E-state index contributed by atoms with van der Waals surface area (Å²) in [5.41, 5.74) is 1.17. The third kappa shape index (κ3) is 3.80. The first-order valence-corrected chi connectivity index (χ1v) is 11.6. The Labute approximate surface area is 184 Å². The Morgan fingerprint density at radius 1 is 0.800 bits per heavy atom. The molecule has 0 saturated carbocycles. The highest BCUT2D eigenvalue weighted by Crippen LogP contribution is 2.33. The number of hydrogen-bond donors (Lipinski definition) is 0. The highest BCUT2D eigenvalue weighted by atomic mass is 35.5. The van der Waals surface area contributed by atoms with Crippen LogP contribution in [0.2, 0.25) is 10.0 Å². The van der Waals surface area contributed by atoms with Crippen molar-refractivity contribution in [2.45, 2.75) is 17.7 Å². The van der Waals surface area contributed by atoms with E-state index in [1.54, 1.807) is 6.07 Å². The van der Waals surface area contributed by atoms with Gasteiger partial charge in [-0.05, 0) is 36.4 Å². The van der Waals surface area contributed by atoms with Crippen LogP contribution in [0.25, 0.3) is 0 Å². The zero-order chi connectivity index (χ0) is 21.5. The smallest absolute Gasteiger partial charge is 0.243 e. The van der Waals surface area contributed by atoms with E-state index < -0.39 is 10.0 Å². The first-order valence-electron chi connectivity index (χ1n) is 9.44. The molecular weight excluding hydrogens is 449 g/mol. The van der Waals surface area contributed by atoms with Crippen molar-refractivity contribution in [3.05, 3.63) is 52.5 Å². The van der Waals surface area contributed by atoms with E-state index in [1.807, 2.05) is 17.0 Å². The number of rotatable bonds is 4. The average molecular weight is 468 g/mol. The molecule has 2 aliphatic heterocycles. The van der Waals surface area contributed by atoms with Crippen LogP contribution in [0.1, 0.15) is 12.8 Å². The van der Waals surface area contributed by atoms with E-state index in [0.29, 0.717) is 41.9 Å². The fourth-order valence-corrected chi connectivity index (χ4v) is 5.52. The van der Waals surface area contributed by atoms with Gasteiger partial charge in [-0.15, -0.1) is 0 Å². The number of sulfonamides is 1. The summed E-state index contributed by atoms with van der Waals surface area (Å²) in [5.74, 6) is -0.544. The van der Waals surface area contributed by atoms with Crippen molar-refractivity contribution >= 4 is 56.4 Å². The fourth-order valence-electron chi connectivity index (χ4n) is 3.69. The van der Waals surface area contributed by atoms with Gasteiger partial charge in [0.25, 0.3) is 0 Å². The highest BCUT2D eigenvalue weighted by Gasteiger charge is 2.32. The predicted octanol–water partition coefficient (Wildman–Crippen LogP) is 3.16. The molecule has 4 rings (SSSR count). The van der Waals surface area contributed by atoms with Crippen LogP contribution >= 0.6 is 23.2 Å². The lowest BCUT2D eigenvalue weighted by Gasteiger charge is -2.35. The number of imide groups is 1. The quantitative estimate of drug-likeness (QED) is 0.645. The van der Waals surface area contributed by atoms with Gasteiger partial charge in [-0.1, -0.05) is 29.3 Å². The highest BCUT2D eigenvalue weighted by molar-refractivity contribution is 7.89. The molecule has 2 aliphatic rings. The summed E-state index contributed by atoms with van der Waals surface area (Å²) in [5, 5.41) is 0.913. The molecular formula is C20H19Cl2N3O4S. The zero-order valence-electron chi connectivity index (χ0n) is 15.9. The molecule has 10 heteroatoms. The van der Waals surface area contributed by atoms with E-state index in [9.17, 15) is 18.0 Å². The van der Waals surface area contributed by atoms with Crippen LogP contribution < -0.4 is 9.80 Å². The molecule has 0 aliphatic carbocycles. The van der Waals surface area contributed by atoms with Crippen LogP contribution in [0, 0.1) is 0 Å². The van der Waals surface area contributed by atoms with E-state index in [-0.39, 0.29) is 29.6 Å². The lowest BCUT2D eigenvalue weighted by molar-refractivity contribution is -0.121. The molecule has 7 nitrogen and oxygen atoms in total. The fraction of sp³-hybridized carbons (Fsp3) is 0.300. The zero-order valence-corrected chi connectivity index (χ0v) is 18.3. The van der Waals surface area contributed by atoms with Crippen LogP contribution in [0.15, 0.2) is 47.4 Å². The van der Waals surface area contributed by atoms with Gasteiger partial charge in [0.1, 0.15) is 0 Å². The number of carbonyl (C=O) groups is 2. The third-order valence-corrected chi connectivity index (χ3v) is 8.02. The maximum absolute atomic E-state index is 13.0.